The molecule has 0 atom stereocenters. The standard InChI is InChI=1S/C9H19N3/c1-11-9(10)7-12-8-5-3-2-4-6-8/h8,12H,2-7H2,1H3,(H2,10,11). The van der Waals surface area contributed by atoms with Crippen LogP contribution in [0.1, 0.15) is 32.1 Å². The van der Waals surface area contributed by atoms with Gasteiger partial charge in [-0.15, -0.1) is 0 Å². The summed E-state index contributed by atoms with van der Waals surface area (Å²) in [7, 11) is 1.73. The number of hydrogen-bond donors (Lipinski definition) is 2. The van der Waals surface area contributed by atoms with Crippen molar-refractivity contribution in [2.75, 3.05) is 13.6 Å². The van der Waals surface area contributed by atoms with Crippen LogP contribution in [-0.4, -0.2) is 25.5 Å². The molecule has 3 heteroatoms. The van der Waals surface area contributed by atoms with E-state index in [0.29, 0.717) is 11.9 Å². The Morgan fingerprint density at radius 1 is 1.42 bits per heavy atom. The molecule has 0 aromatic rings. The van der Waals surface area contributed by atoms with Crippen molar-refractivity contribution in [2.45, 2.75) is 38.1 Å². The highest BCUT2D eigenvalue weighted by Gasteiger charge is 2.11. The lowest BCUT2D eigenvalue weighted by Gasteiger charge is -2.22. The molecule has 0 unspecified atom stereocenters. The van der Waals surface area contributed by atoms with Crippen LogP contribution in [0.25, 0.3) is 0 Å². The van der Waals surface area contributed by atoms with Crippen LogP contribution in [0.15, 0.2) is 4.99 Å². The number of nitrogens with zero attached hydrogens (tertiary/aromatic N) is 1. The maximum absolute atomic E-state index is 5.58. The van der Waals surface area contributed by atoms with Crippen molar-refractivity contribution in [3.63, 3.8) is 0 Å². The molecular formula is C9H19N3. The second-order valence-electron chi connectivity index (χ2n) is 3.43. The van der Waals surface area contributed by atoms with Gasteiger partial charge in [0, 0.05) is 13.1 Å². The van der Waals surface area contributed by atoms with Crippen LogP contribution in [0.3, 0.4) is 0 Å². The van der Waals surface area contributed by atoms with Crippen LogP contribution in [0.2, 0.25) is 0 Å². The van der Waals surface area contributed by atoms with Crippen molar-refractivity contribution in [1.82, 2.24) is 5.32 Å². The van der Waals surface area contributed by atoms with E-state index in [2.05, 4.69) is 10.3 Å². The van der Waals surface area contributed by atoms with Crippen molar-refractivity contribution in [3.8, 4) is 0 Å². The van der Waals surface area contributed by atoms with Crippen LogP contribution in [0.5, 0.6) is 0 Å². The minimum Gasteiger partial charge on any atom is -0.386 e. The quantitative estimate of drug-likeness (QED) is 0.487. The van der Waals surface area contributed by atoms with Gasteiger partial charge in [0.1, 0.15) is 5.84 Å². The van der Waals surface area contributed by atoms with Gasteiger partial charge in [-0.1, -0.05) is 19.3 Å². The van der Waals surface area contributed by atoms with Gasteiger partial charge in [-0.3, -0.25) is 4.99 Å². The van der Waals surface area contributed by atoms with Gasteiger partial charge in [-0.25, -0.2) is 0 Å². The molecule has 1 aliphatic rings. The number of nitrogens with two attached hydrogens (primary N) is 1. The Morgan fingerprint density at radius 2 is 2.08 bits per heavy atom. The Bertz CT molecular complexity index is 148. The van der Waals surface area contributed by atoms with E-state index in [4.69, 9.17) is 5.73 Å². The molecule has 1 fully saturated rings. The summed E-state index contributed by atoms with van der Waals surface area (Å²) in [6.07, 6.45) is 6.73. The summed E-state index contributed by atoms with van der Waals surface area (Å²) < 4.78 is 0. The van der Waals surface area contributed by atoms with Gasteiger partial charge in [0.05, 0.1) is 6.54 Å². The zero-order chi connectivity index (χ0) is 8.81. The fourth-order valence-corrected chi connectivity index (χ4v) is 1.63. The van der Waals surface area contributed by atoms with Gasteiger partial charge in [-0.05, 0) is 12.8 Å². The van der Waals surface area contributed by atoms with E-state index in [1.54, 1.807) is 7.05 Å². The highest BCUT2D eigenvalue weighted by atomic mass is 15.0. The molecule has 3 N–H and O–H groups in total. The van der Waals surface area contributed by atoms with Crippen molar-refractivity contribution in [2.24, 2.45) is 10.7 Å². The van der Waals surface area contributed by atoms with Crippen LogP contribution in [0.4, 0.5) is 0 Å². The smallest absolute Gasteiger partial charge is 0.107 e. The van der Waals surface area contributed by atoms with Gasteiger partial charge in [0.15, 0.2) is 0 Å². The first-order valence-corrected chi connectivity index (χ1v) is 4.77. The van der Waals surface area contributed by atoms with Gasteiger partial charge in [0.25, 0.3) is 0 Å². The fraction of sp³-hybridized carbons (Fsp3) is 0.889. The van der Waals surface area contributed by atoms with Gasteiger partial charge in [-0.2, -0.15) is 0 Å². The largest absolute Gasteiger partial charge is 0.386 e. The zero-order valence-electron chi connectivity index (χ0n) is 7.84. The first-order chi connectivity index (χ1) is 5.83. The third kappa shape index (κ3) is 3.22. The van der Waals surface area contributed by atoms with E-state index in [1.807, 2.05) is 0 Å². The summed E-state index contributed by atoms with van der Waals surface area (Å²) in [5, 5.41) is 3.42. The van der Waals surface area contributed by atoms with Crippen molar-refractivity contribution in [3.05, 3.63) is 0 Å². The Morgan fingerprint density at radius 3 is 2.67 bits per heavy atom. The normalized spacial score (nSPS) is 21.2. The number of amidine groups is 1. The summed E-state index contributed by atoms with van der Waals surface area (Å²) in [5.41, 5.74) is 5.58. The lowest BCUT2D eigenvalue weighted by atomic mass is 9.95. The molecular weight excluding hydrogens is 150 g/mol. The topological polar surface area (TPSA) is 50.4 Å². The van der Waals surface area contributed by atoms with E-state index in [9.17, 15) is 0 Å². The van der Waals surface area contributed by atoms with Gasteiger partial charge >= 0.3 is 0 Å². The molecule has 0 radical (unpaired) electrons. The molecule has 0 bridgehead atoms. The van der Waals surface area contributed by atoms with E-state index >= 15 is 0 Å². The lowest BCUT2D eigenvalue weighted by molar-refractivity contribution is 0.387. The molecule has 0 saturated heterocycles. The summed E-state index contributed by atoms with van der Waals surface area (Å²) in [5.74, 6) is 0.709. The lowest BCUT2D eigenvalue weighted by Crippen LogP contribution is -2.37. The number of rotatable bonds is 3. The Kier molecular flexibility index (Phi) is 4.08. The second-order valence-corrected chi connectivity index (χ2v) is 3.43. The number of aliphatic imine (C=N–C) groups is 1. The van der Waals surface area contributed by atoms with Crippen molar-refractivity contribution < 1.29 is 0 Å². The third-order valence-electron chi connectivity index (χ3n) is 2.46. The SMILES string of the molecule is CN=C(N)CNC1CCCCC1. The second kappa shape index (κ2) is 5.14. The monoisotopic (exact) mass is 169 g/mol. The molecule has 12 heavy (non-hydrogen) atoms. The minimum atomic E-state index is 0.680. The minimum absolute atomic E-state index is 0.680. The van der Waals surface area contributed by atoms with E-state index in [0.717, 1.165) is 6.54 Å². The molecule has 0 aromatic heterocycles. The number of hydrogen-bond acceptors (Lipinski definition) is 2. The van der Waals surface area contributed by atoms with Crippen LogP contribution in [0, 0.1) is 0 Å². The first kappa shape index (κ1) is 9.52. The molecule has 0 heterocycles. The Balaban J connectivity index is 2.13. The average molecular weight is 169 g/mol. The average Bonchev–Trinajstić information content (AvgIpc) is 2.16. The molecule has 1 saturated carbocycles. The highest BCUT2D eigenvalue weighted by Crippen LogP contribution is 2.16. The predicted octanol–water partition coefficient (Wildman–Crippen LogP) is 0.896. The maximum Gasteiger partial charge on any atom is 0.107 e. The summed E-state index contributed by atoms with van der Waals surface area (Å²) in [6, 6.07) is 0.680. The molecule has 0 aromatic carbocycles. The van der Waals surface area contributed by atoms with Crippen LogP contribution >= 0.6 is 0 Å². The molecule has 70 valence electrons. The predicted molar refractivity (Wildman–Crippen MR) is 52.4 cm³/mol. The third-order valence-corrected chi connectivity index (χ3v) is 2.46. The van der Waals surface area contributed by atoms with Crippen LogP contribution < -0.4 is 11.1 Å². The highest BCUT2D eigenvalue weighted by molar-refractivity contribution is 5.82. The van der Waals surface area contributed by atoms with E-state index in [-0.39, 0.29) is 0 Å². The summed E-state index contributed by atoms with van der Waals surface area (Å²) >= 11 is 0. The van der Waals surface area contributed by atoms with E-state index < -0.39 is 0 Å². The molecule has 3 nitrogen and oxygen atoms in total. The van der Waals surface area contributed by atoms with Crippen molar-refractivity contribution >= 4 is 5.84 Å². The zero-order valence-corrected chi connectivity index (χ0v) is 7.84. The molecule has 0 amide bonds. The maximum atomic E-state index is 5.58. The first-order valence-electron chi connectivity index (χ1n) is 4.77. The van der Waals surface area contributed by atoms with Crippen molar-refractivity contribution in [1.29, 1.82) is 0 Å². The van der Waals surface area contributed by atoms with Gasteiger partial charge < -0.3 is 11.1 Å². The Hall–Kier alpha value is -0.570. The summed E-state index contributed by atoms with van der Waals surface area (Å²) in [4.78, 5) is 3.90. The molecule has 0 spiro atoms. The Labute approximate surface area is 74.4 Å². The number of nitrogens with one attached hydrogen (secondary N) is 1. The molecule has 0 aliphatic heterocycles. The fourth-order valence-electron chi connectivity index (χ4n) is 1.63. The molecule has 1 rings (SSSR count). The summed E-state index contributed by atoms with van der Waals surface area (Å²) in [6.45, 7) is 0.751. The van der Waals surface area contributed by atoms with Crippen LogP contribution in [-0.2, 0) is 0 Å². The van der Waals surface area contributed by atoms with E-state index in [1.165, 1.54) is 32.1 Å². The van der Waals surface area contributed by atoms with Gasteiger partial charge in [0.2, 0.25) is 0 Å². The molecule has 1 aliphatic carbocycles.